The first kappa shape index (κ1) is 16.4. The van der Waals surface area contributed by atoms with Crippen LogP contribution < -0.4 is 0 Å². The first-order chi connectivity index (χ1) is 11.5. The lowest BCUT2D eigenvalue weighted by molar-refractivity contribution is 0.0391. The SMILES string of the molecule is Cc1cc2c(c(C)c1Br)CC(C1(OS)Cc3ccccc3C1)C2=O. The first-order valence-corrected chi connectivity index (χ1v) is 9.35. The average Bonchev–Trinajstić information content (AvgIpc) is 3.12. The van der Waals surface area contributed by atoms with Crippen LogP contribution in [-0.2, 0) is 23.4 Å². The van der Waals surface area contributed by atoms with Gasteiger partial charge in [-0.05, 0) is 67.1 Å². The molecule has 0 bridgehead atoms. The second-order valence-electron chi connectivity index (χ2n) is 7.06. The van der Waals surface area contributed by atoms with Crippen LogP contribution in [0.5, 0.6) is 0 Å². The summed E-state index contributed by atoms with van der Waals surface area (Å²) in [5.74, 6) is 0.0235. The summed E-state index contributed by atoms with van der Waals surface area (Å²) in [4.78, 5) is 13.2. The van der Waals surface area contributed by atoms with Crippen LogP contribution >= 0.6 is 28.8 Å². The van der Waals surface area contributed by atoms with E-state index in [2.05, 4.69) is 47.9 Å². The van der Waals surface area contributed by atoms with Gasteiger partial charge in [-0.2, -0.15) is 0 Å². The number of aryl methyl sites for hydroxylation is 1. The van der Waals surface area contributed by atoms with Crippen molar-refractivity contribution in [1.82, 2.24) is 0 Å². The minimum absolute atomic E-state index is 0.176. The molecule has 0 radical (unpaired) electrons. The van der Waals surface area contributed by atoms with Gasteiger partial charge in [0.1, 0.15) is 5.60 Å². The highest BCUT2D eigenvalue weighted by Crippen LogP contribution is 2.46. The number of ketones is 1. The minimum Gasteiger partial charge on any atom is -0.311 e. The molecule has 0 aromatic heterocycles. The summed E-state index contributed by atoms with van der Waals surface area (Å²) in [6, 6.07) is 10.4. The maximum Gasteiger partial charge on any atom is 0.169 e. The summed E-state index contributed by atoms with van der Waals surface area (Å²) in [7, 11) is 0. The molecule has 0 heterocycles. The van der Waals surface area contributed by atoms with Crippen molar-refractivity contribution in [2.75, 3.05) is 0 Å². The fraction of sp³-hybridized carbons (Fsp3) is 0.350. The lowest BCUT2D eigenvalue weighted by Crippen LogP contribution is -2.43. The Morgan fingerprint density at radius 3 is 2.42 bits per heavy atom. The third kappa shape index (κ3) is 2.23. The molecule has 1 atom stereocenters. The van der Waals surface area contributed by atoms with Gasteiger partial charge in [0.2, 0.25) is 0 Å². The highest BCUT2D eigenvalue weighted by Gasteiger charge is 2.51. The molecule has 2 aromatic carbocycles. The van der Waals surface area contributed by atoms with Crippen molar-refractivity contribution in [2.45, 2.75) is 38.7 Å². The standard InChI is InChI=1S/C20H19BrO2S/c1-11-7-16-15(12(2)18(11)21)8-17(19(16)22)20(23-24)9-13-5-3-4-6-14(13)10-20/h3-7,17,24H,8-10H2,1-2H3. The number of benzene rings is 2. The molecule has 0 spiro atoms. The van der Waals surface area contributed by atoms with Crippen molar-refractivity contribution in [3.05, 3.63) is 68.2 Å². The van der Waals surface area contributed by atoms with Crippen LogP contribution in [0.2, 0.25) is 0 Å². The fourth-order valence-corrected chi connectivity index (χ4v) is 4.98. The maximum absolute atomic E-state index is 13.2. The van der Waals surface area contributed by atoms with E-state index in [1.54, 1.807) is 0 Å². The van der Waals surface area contributed by atoms with Crippen LogP contribution in [0, 0.1) is 19.8 Å². The van der Waals surface area contributed by atoms with Gasteiger partial charge in [-0.15, -0.1) is 0 Å². The molecule has 2 aliphatic rings. The molecule has 0 saturated carbocycles. The average molecular weight is 403 g/mol. The van der Waals surface area contributed by atoms with E-state index in [1.807, 2.05) is 25.1 Å². The Morgan fingerprint density at radius 2 is 1.83 bits per heavy atom. The molecule has 2 nitrogen and oxygen atoms in total. The molecule has 0 N–H and O–H groups in total. The molecule has 4 rings (SSSR count). The normalized spacial score (nSPS) is 21.0. The van der Waals surface area contributed by atoms with Gasteiger partial charge in [0.05, 0.1) is 5.92 Å². The summed E-state index contributed by atoms with van der Waals surface area (Å²) >= 11 is 7.86. The van der Waals surface area contributed by atoms with Crippen LogP contribution in [0.25, 0.3) is 0 Å². The summed E-state index contributed by atoms with van der Waals surface area (Å²) < 4.78 is 6.83. The van der Waals surface area contributed by atoms with Crippen LogP contribution in [0.3, 0.4) is 0 Å². The maximum atomic E-state index is 13.2. The molecule has 2 aromatic rings. The Morgan fingerprint density at radius 1 is 1.21 bits per heavy atom. The third-order valence-electron chi connectivity index (χ3n) is 5.72. The highest BCUT2D eigenvalue weighted by atomic mass is 79.9. The van der Waals surface area contributed by atoms with Gasteiger partial charge in [-0.3, -0.25) is 4.79 Å². The number of Topliss-reactive ketones (excluding diaryl/α,β-unsaturated/α-hetero) is 1. The number of carbonyl (C=O) groups is 1. The Kier molecular flexibility index (Phi) is 3.90. The van der Waals surface area contributed by atoms with Crippen molar-refractivity contribution >= 4 is 34.6 Å². The summed E-state index contributed by atoms with van der Waals surface area (Å²) in [6.45, 7) is 4.12. The largest absolute Gasteiger partial charge is 0.311 e. The predicted molar refractivity (Wildman–Crippen MR) is 102 cm³/mol. The number of carbonyl (C=O) groups excluding carboxylic acids is 1. The van der Waals surface area contributed by atoms with Crippen LogP contribution in [-0.4, -0.2) is 11.4 Å². The second-order valence-corrected chi connectivity index (χ2v) is 8.03. The molecule has 0 aliphatic heterocycles. The van der Waals surface area contributed by atoms with Crippen molar-refractivity contribution in [2.24, 2.45) is 5.92 Å². The summed E-state index contributed by atoms with van der Waals surface area (Å²) in [5, 5.41) is 0. The number of halogens is 1. The molecule has 2 aliphatic carbocycles. The Hall–Kier alpha value is -1.10. The van der Waals surface area contributed by atoms with E-state index in [4.69, 9.17) is 4.18 Å². The predicted octanol–water partition coefficient (Wildman–Crippen LogP) is 4.82. The monoisotopic (exact) mass is 402 g/mol. The quantitative estimate of drug-likeness (QED) is 0.575. The van der Waals surface area contributed by atoms with Crippen molar-refractivity contribution < 1.29 is 8.98 Å². The van der Waals surface area contributed by atoms with E-state index in [1.165, 1.54) is 16.7 Å². The zero-order chi connectivity index (χ0) is 17.1. The van der Waals surface area contributed by atoms with Gasteiger partial charge in [0, 0.05) is 22.9 Å². The summed E-state index contributed by atoms with van der Waals surface area (Å²) in [5.41, 5.74) is 6.28. The minimum atomic E-state index is -0.546. The number of hydrogen-bond acceptors (Lipinski definition) is 3. The molecule has 1 unspecified atom stereocenters. The van der Waals surface area contributed by atoms with Gasteiger partial charge >= 0.3 is 0 Å². The first-order valence-electron chi connectivity index (χ1n) is 8.19. The van der Waals surface area contributed by atoms with Crippen LogP contribution in [0.15, 0.2) is 34.8 Å². The zero-order valence-electron chi connectivity index (χ0n) is 13.7. The van der Waals surface area contributed by atoms with E-state index in [-0.39, 0.29) is 11.7 Å². The van der Waals surface area contributed by atoms with Gasteiger partial charge in [-0.25, -0.2) is 0 Å². The fourth-order valence-electron chi connectivity index (χ4n) is 4.37. The Labute approximate surface area is 156 Å². The smallest absolute Gasteiger partial charge is 0.169 e. The van der Waals surface area contributed by atoms with Gasteiger partial charge < -0.3 is 4.18 Å². The van der Waals surface area contributed by atoms with E-state index >= 15 is 0 Å². The molecule has 0 amide bonds. The number of thiol groups is 1. The molecule has 0 saturated heterocycles. The van der Waals surface area contributed by atoms with Gasteiger partial charge in [-0.1, -0.05) is 40.2 Å². The van der Waals surface area contributed by atoms with Crippen molar-refractivity contribution in [3.8, 4) is 0 Å². The number of hydrogen-bond donors (Lipinski definition) is 1. The Balaban J connectivity index is 1.76. The van der Waals surface area contributed by atoms with Gasteiger partial charge in [0.25, 0.3) is 0 Å². The van der Waals surface area contributed by atoms with E-state index in [0.717, 1.165) is 40.4 Å². The van der Waals surface area contributed by atoms with E-state index < -0.39 is 5.60 Å². The van der Waals surface area contributed by atoms with Crippen LogP contribution in [0.1, 0.15) is 38.2 Å². The van der Waals surface area contributed by atoms with Crippen molar-refractivity contribution in [3.63, 3.8) is 0 Å². The lowest BCUT2D eigenvalue weighted by Gasteiger charge is -2.31. The highest BCUT2D eigenvalue weighted by molar-refractivity contribution is 9.10. The zero-order valence-corrected chi connectivity index (χ0v) is 16.2. The molecular formula is C20H19BrO2S. The third-order valence-corrected chi connectivity index (χ3v) is 7.30. The molecule has 124 valence electrons. The van der Waals surface area contributed by atoms with Crippen molar-refractivity contribution in [1.29, 1.82) is 0 Å². The Bertz CT molecular complexity index is 834. The topological polar surface area (TPSA) is 26.3 Å². The molecule has 4 heteroatoms. The lowest BCUT2D eigenvalue weighted by atomic mass is 9.82. The van der Waals surface area contributed by atoms with Gasteiger partial charge in [0.15, 0.2) is 5.78 Å². The summed E-state index contributed by atoms with van der Waals surface area (Å²) in [6.07, 6.45) is 2.22. The molecule has 0 fully saturated rings. The molecule has 24 heavy (non-hydrogen) atoms. The van der Waals surface area contributed by atoms with E-state index in [0.29, 0.717) is 0 Å². The van der Waals surface area contributed by atoms with Crippen LogP contribution in [0.4, 0.5) is 0 Å². The van der Waals surface area contributed by atoms with E-state index in [9.17, 15) is 4.79 Å². The molecular weight excluding hydrogens is 384 g/mol. The second kappa shape index (κ2) is 5.72. The number of rotatable bonds is 2. The number of fused-ring (bicyclic) bond motifs is 2.